The largest absolute Gasteiger partial charge is 0.507 e. The normalized spacial score (nSPS) is 10.8. The molecule has 166 valence electrons. The van der Waals surface area contributed by atoms with Crippen LogP contribution in [0.5, 0.6) is 17.2 Å². The number of amides is 1. The number of aromatic carboxylic acids is 1. The predicted molar refractivity (Wildman–Crippen MR) is 123 cm³/mol. The van der Waals surface area contributed by atoms with Gasteiger partial charge in [-0.15, -0.1) is 0 Å². The Labute approximate surface area is 196 Å². The molecule has 3 aromatic rings. The number of ether oxygens (including phenoxy) is 2. The number of carbonyl (C=O) groups is 2. The van der Waals surface area contributed by atoms with Gasteiger partial charge in [0.25, 0.3) is 5.91 Å². The van der Waals surface area contributed by atoms with Crippen LogP contribution in [-0.4, -0.2) is 34.9 Å². The molecule has 9 nitrogen and oxygen atoms in total. The summed E-state index contributed by atoms with van der Waals surface area (Å²) in [4.78, 5) is 23.1. The van der Waals surface area contributed by atoms with E-state index in [0.717, 1.165) is 0 Å². The summed E-state index contributed by atoms with van der Waals surface area (Å²) in [6.07, 6.45) is 1.45. The molecule has 3 N–H and O–H groups in total. The maximum atomic E-state index is 12.2. The third kappa shape index (κ3) is 6.00. The van der Waals surface area contributed by atoms with Crippen molar-refractivity contribution in [1.82, 2.24) is 5.43 Å². The van der Waals surface area contributed by atoms with Gasteiger partial charge in [-0.1, -0.05) is 0 Å². The van der Waals surface area contributed by atoms with Gasteiger partial charge in [-0.2, -0.15) is 5.10 Å². The van der Waals surface area contributed by atoms with Gasteiger partial charge in [-0.3, -0.25) is 4.79 Å². The van der Waals surface area contributed by atoms with Crippen LogP contribution in [-0.2, 0) is 6.61 Å². The Kier molecular flexibility index (Phi) is 7.71. The van der Waals surface area contributed by atoms with Crippen LogP contribution in [0.2, 0.25) is 0 Å². The monoisotopic (exact) mass is 550 g/mol. The molecule has 0 aliphatic carbocycles. The molecule has 0 atom stereocenters. The minimum Gasteiger partial charge on any atom is -0.507 e. The highest BCUT2D eigenvalue weighted by atomic mass is 127. The first-order chi connectivity index (χ1) is 15.4. The number of phenolic OH excluding ortho intramolecular Hbond substituents is 1. The SMILES string of the molecule is CCOc1cc(C=NNC(=O)c2ccc(I)c(O)c2)ccc1OCc1ccc(C(=O)O)o1. The summed E-state index contributed by atoms with van der Waals surface area (Å²) in [6.45, 7) is 2.25. The molecular weight excluding hydrogens is 531 g/mol. The van der Waals surface area contributed by atoms with Crippen molar-refractivity contribution in [2.24, 2.45) is 5.10 Å². The Morgan fingerprint density at radius 2 is 1.94 bits per heavy atom. The molecular formula is C22H19IN2O7. The van der Waals surface area contributed by atoms with Crippen molar-refractivity contribution in [3.8, 4) is 17.2 Å². The molecule has 0 saturated carbocycles. The first-order valence-electron chi connectivity index (χ1n) is 9.41. The molecule has 1 heterocycles. The van der Waals surface area contributed by atoms with E-state index in [0.29, 0.717) is 33.0 Å². The number of carbonyl (C=O) groups excluding carboxylic acids is 1. The van der Waals surface area contributed by atoms with Gasteiger partial charge in [0.05, 0.1) is 16.4 Å². The summed E-state index contributed by atoms with van der Waals surface area (Å²) in [5.74, 6) is -0.501. The number of hydrogen-bond acceptors (Lipinski definition) is 7. The average Bonchev–Trinajstić information content (AvgIpc) is 3.25. The van der Waals surface area contributed by atoms with E-state index in [4.69, 9.17) is 19.0 Å². The van der Waals surface area contributed by atoms with Crippen molar-refractivity contribution in [2.45, 2.75) is 13.5 Å². The molecule has 1 amide bonds. The van der Waals surface area contributed by atoms with Crippen molar-refractivity contribution in [1.29, 1.82) is 0 Å². The van der Waals surface area contributed by atoms with Gasteiger partial charge in [0.1, 0.15) is 18.1 Å². The molecule has 2 aromatic carbocycles. The number of nitrogens with one attached hydrogen (secondary N) is 1. The highest BCUT2D eigenvalue weighted by Gasteiger charge is 2.12. The summed E-state index contributed by atoms with van der Waals surface area (Å²) < 4.78 is 17.1. The van der Waals surface area contributed by atoms with Crippen molar-refractivity contribution < 1.29 is 33.7 Å². The molecule has 32 heavy (non-hydrogen) atoms. The lowest BCUT2D eigenvalue weighted by Crippen LogP contribution is -2.17. The molecule has 0 bridgehead atoms. The van der Waals surface area contributed by atoms with E-state index in [1.807, 2.05) is 29.5 Å². The number of rotatable bonds is 9. The lowest BCUT2D eigenvalue weighted by Gasteiger charge is -2.11. The maximum absolute atomic E-state index is 12.2. The van der Waals surface area contributed by atoms with E-state index in [1.165, 1.54) is 24.4 Å². The van der Waals surface area contributed by atoms with Crippen LogP contribution in [0.3, 0.4) is 0 Å². The molecule has 0 spiro atoms. The third-order valence-corrected chi connectivity index (χ3v) is 5.01. The quantitative estimate of drug-likeness (QED) is 0.208. The lowest BCUT2D eigenvalue weighted by atomic mass is 10.2. The Morgan fingerprint density at radius 3 is 2.62 bits per heavy atom. The fraction of sp³-hybridized carbons (Fsp3) is 0.136. The highest BCUT2D eigenvalue weighted by Crippen LogP contribution is 2.29. The second-order valence-corrected chi connectivity index (χ2v) is 7.53. The van der Waals surface area contributed by atoms with E-state index in [9.17, 15) is 14.7 Å². The zero-order valence-electron chi connectivity index (χ0n) is 16.9. The third-order valence-electron chi connectivity index (χ3n) is 4.10. The van der Waals surface area contributed by atoms with Crippen LogP contribution in [0.15, 0.2) is 58.0 Å². The Balaban J connectivity index is 1.65. The number of carboxylic acids is 1. The van der Waals surface area contributed by atoms with Crippen molar-refractivity contribution in [3.05, 3.63) is 74.7 Å². The topological polar surface area (TPSA) is 131 Å². The number of carboxylic acid groups (broad SMARTS) is 1. The van der Waals surface area contributed by atoms with E-state index >= 15 is 0 Å². The molecule has 10 heteroatoms. The van der Waals surface area contributed by atoms with Gasteiger partial charge in [0.2, 0.25) is 5.76 Å². The summed E-state index contributed by atoms with van der Waals surface area (Å²) >= 11 is 1.96. The van der Waals surface area contributed by atoms with Gasteiger partial charge < -0.3 is 24.1 Å². The summed E-state index contributed by atoms with van der Waals surface area (Å²) in [6, 6.07) is 12.6. The van der Waals surface area contributed by atoms with Crippen LogP contribution in [0.1, 0.15) is 39.2 Å². The Bertz CT molecular complexity index is 1160. The zero-order valence-corrected chi connectivity index (χ0v) is 19.0. The van der Waals surface area contributed by atoms with Gasteiger partial charge in [0.15, 0.2) is 11.5 Å². The second kappa shape index (κ2) is 10.7. The molecule has 0 saturated heterocycles. The lowest BCUT2D eigenvalue weighted by molar-refractivity contribution is 0.0657. The van der Waals surface area contributed by atoms with Crippen LogP contribution < -0.4 is 14.9 Å². The molecule has 0 aliphatic heterocycles. The van der Waals surface area contributed by atoms with Crippen LogP contribution in [0.4, 0.5) is 0 Å². The molecule has 0 radical (unpaired) electrons. The van der Waals surface area contributed by atoms with Crippen molar-refractivity contribution in [3.63, 3.8) is 0 Å². The molecule has 0 aliphatic rings. The average molecular weight is 550 g/mol. The van der Waals surface area contributed by atoms with E-state index in [1.54, 1.807) is 30.3 Å². The molecule has 1 aromatic heterocycles. The first kappa shape index (κ1) is 23.1. The molecule has 3 rings (SSSR count). The van der Waals surface area contributed by atoms with Crippen molar-refractivity contribution in [2.75, 3.05) is 6.61 Å². The van der Waals surface area contributed by atoms with Gasteiger partial charge in [-0.25, -0.2) is 10.2 Å². The first-order valence-corrected chi connectivity index (χ1v) is 10.5. The number of nitrogens with zero attached hydrogens (tertiary/aromatic N) is 1. The van der Waals surface area contributed by atoms with Crippen molar-refractivity contribution >= 4 is 40.7 Å². The Hall–Kier alpha value is -3.54. The number of phenols is 1. The second-order valence-electron chi connectivity index (χ2n) is 6.36. The summed E-state index contributed by atoms with van der Waals surface area (Å²) in [5.41, 5.74) is 3.33. The zero-order chi connectivity index (χ0) is 23.1. The molecule has 0 fully saturated rings. The maximum Gasteiger partial charge on any atom is 0.371 e. The van der Waals surface area contributed by atoms with Crippen LogP contribution in [0.25, 0.3) is 0 Å². The van der Waals surface area contributed by atoms with E-state index in [-0.39, 0.29) is 23.7 Å². The standard InChI is InChI=1S/C22H19IN2O7/c1-2-30-20-9-13(11-24-25-21(27)14-4-6-16(23)17(26)10-14)3-7-18(20)31-12-15-5-8-19(32-15)22(28)29/h3-11,26H,2,12H2,1H3,(H,25,27)(H,28,29). The number of hydrogen-bond donors (Lipinski definition) is 3. The van der Waals surface area contributed by atoms with E-state index in [2.05, 4.69) is 10.5 Å². The number of furan rings is 1. The fourth-order valence-electron chi connectivity index (χ4n) is 2.60. The molecule has 0 unspecified atom stereocenters. The Morgan fingerprint density at radius 1 is 1.12 bits per heavy atom. The van der Waals surface area contributed by atoms with Crippen LogP contribution in [0, 0.1) is 3.57 Å². The number of benzene rings is 2. The van der Waals surface area contributed by atoms with Gasteiger partial charge in [0, 0.05) is 5.56 Å². The van der Waals surface area contributed by atoms with Gasteiger partial charge in [-0.05, 0) is 83.6 Å². The number of hydrazone groups is 1. The minimum atomic E-state index is -1.15. The smallest absolute Gasteiger partial charge is 0.371 e. The summed E-state index contributed by atoms with van der Waals surface area (Å²) in [5, 5.41) is 22.6. The number of aromatic hydroxyl groups is 1. The van der Waals surface area contributed by atoms with Crippen LogP contribution >= 0.6 is 22.6 Å². The highest BCUT2D eigenvalue weighted by molar-refractivity contribution is 14.1. The van der Waals surface area contributed by atoms with E-state index < -0.39 is 11.9 Å². The summed E-state index contributed by atoms with van der Waals surface area (Å²) in [7, 11) is 0. The fourth-order valence-corrected chi connectivity index (χ4v) is 2.93. The van der Waals surface area contributed by atoms with Gasteiger partial charge >= 0.3 is 5.97 Å². The number of halogens is 1. The predicted octanol–water partition coefficient (Wildman–Crippen LogP) is 4.03. The minimum absolute atomic E-state index is 0.0212.